The van der Waals surface area contributed by atoms with Gasteiger partial charge in [0.2, 0.25) is 10.0 Å². The van der Waals surface area contributed by atoms with Crippen LogP contribution in [-0.2, 0) is 10.0 Å². The van der Waals surface area contributed by atoms with Crippen LogP contribution in [0.5, 0.6) is 0 Å². The zero-order valence-corrected chi connectivity index (χ0v) is 14.7. The van der Waals surface area contributed by atoms with E-state index < -0.39 is 16.1 Å². The number of fused-ring (bicyclic) bond motifs is 1. The normalized spacial score (nSPS) is 19.0. The summed E-state index contributed by atoms with van der Waals surface area (Å²) in [6, 6.07) is 10.1. The van der Waals surface area contributed by atoms with Crippen molar-refractivity contribution in [3.63, 3.8) is 0 Å². The molecule has 2 aromatic carbocycles. The van der Waals surface area contributed by atoms with Gasteiger partial charge in [0.1, 0.15) is 5.82 Å². The highest BCUT2D eigenvalue weighted by Crippen LogP contribution is 2.39. The third kappa shape index (κ3) is 3.49. The average Bonchev–Trinajstić information content (AvgIpc) is 2.82. The summed E-state index contributed by atoms with van der Waals surface area (Å²) in [5.74, 6) is -0.346. The fourth-order valence-corrected chi connectivity index (χ4v) is 4.81. The molecule has 1 aliphatic heterocycles. The molecule has 26 heavy (non-hydrogen) atoms. The molecule has 1 aliphatic rings. The van der Waals surface area contributed by atoms with E-state index in [1.165, 1.54) is 18.2 Å². The Balaban J connectivity index is 1.85. The SMILES string of the molecule is O=S1(=O)c2ccc(/C=C/Nc3cccc(F)c3)cc2C(CO)N1CCO. The molecule has 1 heterocycles. The molecule has 3 N–H and O–H groups in total. The maximum absolute atomic E-state index is 13.2. The zero-order chi connectivity index (χ0) is 18.7. The topological polar surface area (TPSA) is 89.9 Å². The molecule has 0 aromatic heterocycles. The van der Waals surface area contributed by atoms with Gasteiger partial charge in [-0.3, -0.25) is 0 Å². The Morgan fingerprint density at radius 1 is 1.19 bits per heavy atom. The van der Waals surface area contributed by atoms with Crippen LogP contribution in [0.1, 0.15) is 17.2 Å². The molecule has 0 saturated heterocycles. The molecule has 1 unspecified atom stereocenters. The van der Waals surface area contributed by atoms with Crippen molar-refractivity contribution in [2.45, 2.75) is 10.9 Å². The molecule has 6 nitrogen and oxygen atoms in total. The van der Waals surface area contributed by atoms with Crippen molar-refractivity contribution in [3.8, 4) is 0 Å². The van der Waals surface area contributed by atoms with Crippen LogP contribution in [0.4, 0.5) is 10.1 Å². The smallest absolute Gasteiger partial charge is 0.244 e. The largest absolute Gasteiger partial charge is 0.395 e. The Kier molecular flexibility index (Phi) is 5.38. The molecule has 0 saturated carbocycles. The summed E-state index contributed by atoms with van der Waals surface area (Å²) in [4.78, 5) is 0.139. The van der Waals surface area contributed by atoms with Crippen molar-refractivity contribution in [2.24, 2.45) is 0 Å². The van der Waals surface area contributed by atoms with E-state index in [-0.39, 0.29) is 30.5 Å². The van der Waals surface area contributed by atoms with Gasteiger partial charge in [-0.1, -0.05) is 12.1 Å². The van der Waals surface area contributed by atoms with Crippen LogP contribution >= 0.6 is 0 Å². The van der Waals surface area contributed by atoms with Gasteiger partial charge in [-0.2, -0.15) is 4.31 Å². The fraction of sp³-hybridized carbons (Fsp3) is 0.222. The monoisotopic (exact) mass is 378 g/mol. The number of aliphatic hydroxyl groups excluding tert-OH is 2. The number of anilines is 1. The van der Waals surface area contributed by atoms with Crippen molar-refractivity contribution in [2.75, 3.05) is 25.1 Å². The lowest BCUT2D eigenvalue weighted by Gasteiger charge is -2.20. The van der Waals surface area contributed by atoms with E-state index in [9.17, 15) is 17.9 Å². The predicted octanol–water partition coefficient (Wildman–Crippen LogP) is 1.94. The predicted molar refractivity (Wildman–Crippen MR) is 96.3 cm³/mol. The summed E-state index contributed by atoms with van der Waals surface area (Å²) < 4.78 is 39.3. The Hall–Kier alpha value is -2.26. The van der Waals surface area contributed by atoms with Crippen molar-refractivity contribution in [1.29, 1.82) is 0 Å². The summed E-state index contributed by atoms with van der Waals surface area (Å²) in [6.07, 6.45) is 3.35. The van der Waals surface area contributed by atoms with Crippen molar-refractivity contribution >= 4 is 21.8 Å². The third-order valence-electron chi connectivity index (χ3n) is 4.17. The third-order valence-corrected chi connectivity index (χ3v) is 6.15. The summed E-state index contributed by atoms with van der Waals surface area (Å²) in [7, 11) is -3.72. The first-order chi connectivity index (χ1) is 12.5. The zero-order valence-electron chi connectivity index (χ0n) is 13.8. The Bertz CT molecular complexity index is 931. The number of hydrogen-bond acceptors (Lipinski definition) is 5. The van der Waals surface area contributed by atoms with Gasteiger partial charge in [-0.25, -0.2) is 12.8 Å². The molecule has 3 rings (SSSR count). The number of benzene rings is 2. The van der Waals surface area contributed by atoms with Gasteiger partial charge < -0.3 is 15.5 Å². The lowest BCUT2D eigenvalue weighted by molar-refractivity contribution is 0.171. The van der Waals surface area contributed by atoms with Gasteiger partial charge in [0.05, 0.1) is 24.2 Å². The molecule has 2 aromatic rings. The highest BCUT2D eigenvalue weighted by atomic mass is 32.2. The molecule has 0 aliphatic carbocycles. The Morgan fingerprint density at radius 3 is 2.69 bits per heavy atom. The van der Waals surface area contributed by atoms with Crippen LogP contribution in [0.2, 0.25) is 0 Å². The molecule has 0 amide bonds. The molecular weight excluding hydrogens is 359 g/mol. The number of aliphatic hydroxyl groups is 2. The first-order valence-corrected chi connectivity index (χ1v) is 9.47. The second-order valence-electron chi connectivity index (χ2n) is 5.82. The molecule has 1 atom stereocenters. The molecule has 138 valence electrons. The number of nitrogens with one attached hydrogen (secondary N) is 1. The second-order valence-corrected chi connectivity index (χ2v) is 7.68. The fourth-order valence-electron chi connectivity index (χ4n) is 2.99. The van der Waals surface area contributed by atoms with E-state index in [0.29, 0.717) is 11.3 Å². The standard InChI is InChI=1S/C18H19FN2O4S/c19-14-2-1-3-15(11-14)20-7-6-13-4-5-18-16(10-13)17(12-23)21(8-9-22)26(18,24)25/h1-7,10-11,17,20,22-23H,8-9,12H2/b7-6+. The van der Waals surface area contributed by atoms with Gasteiger partial charge in [-0.05, 0) is 47.5 Å². The van der Waals surface area contributed by atoms with Gasteiger partial charge in [-0.15, -0.1) is 0 Å². The number of halogens is 1. The summed E-state index contributed by atoms with van der Waals surface area (Å²) in [5, 5.41) is 21.7. The Morgan fingerprint density at radius 2 is 2.00 bits per heavy atom. The van der Waals surface area contributed by atoms with Crippen LogP contribution in [-0.4, -0.2) is 42.7 Å². The minimum absolute atomic E-state index is 0.0749. The number of nitrogens with zero attached hydrogens (tertiary/aromatic N) is 1. The molecule has 0 spiro atoms. The minimum atomic E-state index is -3.72. The van der Waals surface area contributed by atoms with Gasteiger partial charge >= 0.3 is 0 Å². The van der Waals surface area contributed by atoms with Crippen LogP contribution < -0.4 is 5.32 Å². The second kappa shape index (κ2) is 7.55. The number of β-amino-alcohol motifs (C(OH)–C–C–N with tert-alkyl or cyclic N) is 1. The Labute approximate surface area is 151 Å². The van der Waals surface area contributed by atoms with Crippen LogP contribution in [0.15, 0.2) is 53.6 Å². The number of rotatable bonds is 6. The van der Waals surface area contributed by atoms with E-state index in [4.69, 9.17) is 5.11 Å². The van der Waals surface area contributed by atoms with E-state index in [0.717, 1.165) is 9.87 Å². The molecule has 8 heteroatoms. The quantitative estimate of drug-likeness (QED) is 0.715. The summed E-state index contributed by atoms with van der Waals surface area (Å²) >= 11 is 0. The first-order valence-electron chi connectivity index (χ1n) is 8.03. The van der Waals surface area contributed by atoms with Gasteiger partial charge in [0.15, 0.2) is 0 Å². The van der Waals surface area contributed by atoms with Crippen LogP contribution in [0.3, 0.4) is 0 Å². The lowest BCUT2D eigenvalue weighted by Crippen LogP contribution is -2.32. The summed E-state index contributed by atoms with van der Waals surface area (Å²) in [5.41, 5.74) is 1.81. The maximum atomic E-state index is 13.2. The van der Waals surface area contributed by atoms with Gasteiger partial charge in [0.25, 0.3) is 0 Å². The summed E-state index contributed by atoms with van der Waals surface area (Å²) in [6.45, 7) is -0.774. The van der Waals surface area contributed by atoms with Crippen LogP contribution in [0.25, 0.3) is 6.08 Å². The molecule has 0 bridgehead atoms. The van der Waals surface area contributed by atoms with E-state index >= 15 is 0 Å². The van der Waals surface area contributed by atoms with E-state index in [2.05, 4.69) is 5.32 Å². The van der Waals surface area contributed by atoms with Crippen molar-refractivity contribution in [3.05, 3.63) is 65.6 Å². The van der Waals surface area contributed by atoms with Crippen molar-refractivity contribution < 1.29 is 23.0 Å². The average molecular weight is 378 g/mol. The molecule has 0 fully saturated rings. The highest BCUT2D eigenvalue weighted by Gasteiger charge is 2.41. The first kappa shape index (κ1) is 18.5. The van der Waals surface area contributed by atoms with Crippen molar-refractivity contribution in [1.82, 2.24) is 4.31 Å². The van der Waals surface area contributed by atoms with E-state index in [1.807, 2.05) is 0 Å². The van der Waals surface area contributed by atoms with E-state index in [1.54, 1.807) is 36.5 Å². The number of hydrogen-bond donors (Lipinski definition) is 3. The van der Waals surface area contributed by atoms with Gasteiger partial charge in [0, 0.05) is 18.4 Å². The molecular formula is C18H19FN2O4S. The molecule has 0 radical (unpaired) electrons. The maximum Gasteiger partial charge on any atom is 0.244 e. The minimum Gasteiger partial charge on any atom is -0.395 e. The number of sulfonamides is 1. The lowest BCUT2D eigenvalue weighted by atomic mass is 10.0. The highest BCUT2D eigenvalue weighted by molar-refractivity contribution is 7.89. The van der Waals surface area contributed by atoms with Crippen LogP contribution in [0, 0.1) is 5.82 Å².